The summed E-state index contributed by atoms with van der Waals surface area (Å²) in [5.74, 6) is -0.769. The van der Waals surface area contributed by atoms with Crippen molar-refractivity contribution in [2.75, 3.05) is 58.3 Å². The van der Waals surface area contributed by atoms with E-state index in [0.717, 1.165) is 19.6 Å². The Labute approximate surface area is 214 Å². The van der Waals surface area contributed by atoms with Gasteiger partial charge in [-0.25, -0.2) is 4.98 Å². The van der Waals surface area contributed by atoms with E-state index in [0.29, 0.717) is 34.6 Å². The molecule has 1 aromatic carbocycles. The molecule has 3 rings (SSSR count). The number of amides is 3. The van der Waals surface area contributed by atoms with Crippen LogP contribution in [0.4, 0.5) is 5.13 Å². The molecule has 0 aliphatic carbocycles. The fourth-order valence-electron chi connectivity index (χ4n) is 3.77. The van der Waals surface area contributed by atoms with Gasteiger partial charge in [0, 0.05) is 42.7 Å². The maximum absolute atomic E-state index is 12.8. The van der Waals surface area contributed by atoms with Gasteiger partial charge in [0.25, 0.3) is 5.91 Å². The minimum absolute atomic E-state index is 0.0931. The third kappa shape index (κ3) is 9.21. The summed E-state index contributed by atoms with van der Waals surface area (Å²) in [6.07, 6.45) is 3.89. The molecule has 0 unspecified atom stereocenters. The van der Waals surface area contributed by atoms with Crippen LogP contribution in [0.5, 0.6) is 0 Å². The molecule has 2 heterocycles. The number of hydrogen-bond acceptors (Lipinski definition) is 7. The molecule has 2 N–H and O–H groups in total. The van der Waals surface area contributed by atoms with E-state index in [2.05, 4.69) is 20.5 Å². The predicted molar refractivity (Wildman–Crippen MR) is 137 cm³/mol. The molecule has 1 fully saturated rings. The molecule has 0 radical (unpaired) electrons. The molecule has 2 aromatic rings. The maximum Gasteiger partial charge on any atom is 0.254 e. The van der Waals surface area contributed by atoms with E-state index < -0.39 is 0 Å². The van der Waals surface area contributed by atoms with Crippen molar-refractivity contribution in [2.24, 2.45) is 0 Å². The highest BCUT2D eigenvalue weighted by molar-refractivity contribution is 7.13. The molecule has 0 atom stereocenters. The average Bonchev–Trinajstić information content (AvgIpc) is 3.28. The fourth-order valence-corrected chi connectivity index (χ4v) is 4.62. The second-order valence-corrected chi connectivity index (χ2v) is 9.64. The van der Waals surface area contributed by atoms with Gasteiger partial charge in [0.2, 0.25) is 11.8 Å². The summed E-state index contributed by atoms with van der Waals surface area (Å²) < 4.78 is 5.08. The van der Waals surface area contributed by atoms with Gasteiger partial charge in [-0.3, -0.25) is 14.4 Å². The number of rotatable bonds is 12. The highest BCUT2D eigenvalue weighted by Gasteiger charge is 2.20. The van der Waals surface area contributed by atoms with Gasteiger partial charge in [-0.2, -0.15) is 0 Å². The summed E-state index contributed by atoms with van der Waals surface area (Å²) >= 11 is 7.15. The lowest BCUT2D eigenvalue weighted by atomic mass is 10.1. The van der Waals surface area contributed by atoms with Gasteiger partial charge >= 0.3 is 0 Å². The molecular weight excluding hydrogens is 490 g/mol. The van der Waals surface area contributed by atoms with Crippen molar-refractivity contribution in [3.63, 3.8) is 0 Å². The van der Waals surface area contributed by atoms with E-state index in [1.807, 2.05) is 0 Å². The summed E-state index contributed by atoms with van der Waals surface area (Å²) in [6.45, 7) is 4.06. The molecule has 3 amide bonds. The second kappa shape index (κ2) is 14.1. The van der Waals surface area contributed by atoms with E-state index in [4.69, 9.17) is 16.3 Å². The van der Waals surface area contributed by atoms with E-state index in [-0.39, 0.29) is 37.2 Å². The molecule has 1 saturated heterocycles. The molecule has 1 aliphatic heterocycles. The van der Waals surface area contributed by atoms with Crippen LogP contribution >= 0.6 is 22.9 Å². The van der Waals surface area contributed by atoms with Crippen LogP contribution in [-0.2, 0) is 20.7 Å². The summed E-state index contributed by atoms with van der Waals surface area (Å²) in [5, 5.41) is 8.32. The first-order chi connectivity index (χ1) is 16.9. The number of ether oxygens (including phenoxy) is 1. The van der Waals surface area contributed by atoms with Gasteiger partial charge in [0.05, 0.1) is 18.7 Å². The smallest absolute Gasteiger partial charge is 0.254 e. The van der Waals surface area contributed by atoms with Crippen molar-refractivity contribution in [1.82, 2.24) is 20.1 Å². The molecule has 0 spiro atoms. The summed E-state index contributed by atoms with van der Waals surface area (Å²) in [4.78, 5) is 45.8. The molecule has 0 saturated carbocycles. The number of methoxy groups -OCH3 is 1. The Hall–Kier alpha value is -2.53. The number of halogens is 1. The number of nitrogens with one attached hydrogen (secondary N) is 2. The summed E-state index contributed by atoms with van der Waals surface area (Å²) in [5.41, 5.74) is 1.02. The Morgan fingerprint density at radius 1 is 1.14 bits per heavy atom. The first-order valence-corrected chi connectivity index (χ1v) is 13.0. The molecule has 9 nitrogen and oxygen atoms in total. The number of nitrogens with zero attached hydrogens (tertiary/aromatic N) is 3. The lowest BCUT2D eigenvalue weighted by Gasteiger charge is -2.26. The van der Waals surface area contributed by atoms with Gasteiger partial charge in [-0.15, -0.1) is 11.3 Å². The number of benzene rings is 1. The normalized spacial score (nSPS) is 13.9. The van der Waals surface area contributed by atoms with Crippen molar-refractivity contribution in [2.45, 2.75) is 25.7 Å². The van der Waals surface area contributed by atoms with Crippen molar-refractivity contribution < 1.29 is 19.1 Å². The SMILES string of the molecule is COCCN(CC(=O)Nc1nc(CC(=O)NCCN2CCCCC2)cs1)C(=O)c1ccc(Cl)cc1. The van der Waals surface area contributed by atoms with E-state index in [1.165, 1.54) is 42.6 Å². The number of thiazole rings is 1. The average molecular weight is 522 g/mol. The van der Waals surface area contributed by atoms with Crippen molar-refractivity contribution >= 4 is 45.8 Å². The van der Waals surface area contributed by atoms with Crippen LogP contribution in [0.1, 0.15) is 35.3 Å². The first-order valence-electron chi connectivity index (χ1n) is 11.7. The summed E-state index contributed by atoms with van der Waals surface area (Å²) in [7, 11) is 1.53. The number of carbonyl (C=O) groups is 3. The molecular formula is C24H32ClN5O4S. The van der Waals surface area contributed by atoms with Crippen LogP contribution in [0.25, 0.3) is 0 Å². The lowest BCUT2D eigenvalue weighted by Crippen LogP contribution is -2.40. The van der Waals surface area contributed by atoms with E-state index in [1.54, 1.807) is 29.6 Å². The highest BCUT2D eigenvalue weighted by atomic mass is 35.5. The number of aromatic nitrogens is 1. The number of likely N-dealkylation sites (tertiary alicyclic amines) is 1. The molecule has 35 heavy (non-hydrogen) atoms. The van der Waals surface area contributed by atoms with Crippen LogP contribution in [0.2, 0.25) is 5.02 Å². The van der Waals surface area contributed by atoms with Crippen LogP contribution in [0, 0.1) is 0 Å². The Kier molecular flexibility index (Phi) is 10.9. The zero-order valence-corrected chi connectivity index (χ0v) is 21.5. The number of piperidine rings is 1. The predicted octanol–water partition coefficient (Wildman–Crippen LogP) is 2.67. The first kappa shape index (κ1) is 27.1. The number of anilines is 1. The number of carbonyl (C=O) groups excluding carboxylic acids is 3. The third-order valence-electron chi connectivity index (χ3n) is 5.62. The second-order valence-electron chi connectivity index (χ2n) is 8.35. The minimum Gasteiger partial charge on any atom is -0.383 e. The van der Waals surface area contributed by atoms with Crippen molar-refractivity contribution in [3.05, 3.63) is 45.9 Å². The molecule has 0 bridgehead atoms. The van der Waals surface area contributed by atoms with Gasteiger partial charge in [-0.05, 0) is 50.2 Å². The Morgan fingerprint density at radius 3 is 2.60 bits per heavy atom. The largest absolute Gasteiger partial charge is 0.383 e. The zero-order valence-electron chi connectivity index (χ0n) is 19.9. The topological polar surface area (TPSA) is 104 Å². The van der Waals surface area contributed by atoms with E-state index in [9.17, 15) is 14.4 Å². The number of hydrogen-bond donors (Lipinski definition) is 2. The van der Waals surface area contributed by atoms with E-state index >= 15 is 0 Å². The maximum atomic E-state index is 12.8. The van der Waals surface area contributed by atoms with Crippen LogP contribution < -0.4 is 10.6 Å². The van der Waals surface area contributed by atoms with Crippen LogP contribution in [0.15, 0.2) is 29.6 Å². The Morgan fingerprint density at radius 2 is 1.89 bits per heavy atom. The van der Waals surface area contributed by atoms with Gasteiger partial charge in [0.1, 0.15) is 6.54 Å². The van der Waals surface area contributed by atoms with Gasteiger partial charge < -0.3 is 25.2 Å². The standard InChI is InChI=1S/C24H32ClN5O4S/c1-34-14-13-30(23(33)18-5-7-19(25)8-6-18)16-22(32)28-24-27-20(17-35-24)15-21(31)26-9-12-29-10-3-2-4-11-29/h5-8,17H,2-4,9-16H2,1H3,(H,26,31)(H,27,28,32). The zero-order chi connectivity index (χ0) is 25.0. The molecule has 11 heteroatoms. The highest BCUT2D eigenvalue weighted by Crippen LogP contribution is 2.16. The quantitative estimate of drug-likeness (QED) is 0.445. The minimum atomic E-state index is -0.379. The van der Waals surface area contributed by atoms with Gasteiger partial charge in [-0.1, -0.05) is 18.0 Å². The Balaban J connectivity index is 1.46. The third-order valence-corrected chi connectivity index (χ3v) is 6.68. The van der Waals surface area contributed by atoms with Gasteiger partial charge in [0.15, 0.2) is 5.13 Å². The summed E-state index contributed by atoms with van der Waals surface area (Å²) in [6, 6.07) is 6.49. The van der Waals surface area contributed by atoms with Crippen molar-refractivity contribution in [3.8, 4) is 0 Å². The molecule has 1 aliphatic rings. The monoisotopic (exact) mass is 521 g/mol. The molecule has 1 aromatic heterocycles. The lowest BCUT2D eigenvalue weighted by molar-refractivity contribution is -0.120. The van der Waals surface area contributed by atoms with Crippen molar-refractivity contribution in [1.29, 1.82) is 0 Å². The molecule has 190 valence electrons. The fraction of sp³-hybridized carbons (Fsp3) is 0.500. The Bertz CT molecular complexity index is 979. The van der Waals surface area contributed by atoms with Crippen LogP contribution in [0.3, 0.4) is 0 Å². The van der Waals surface area contributed by atoms with Crippen LogP contribution in [-0.4, -0.2) is 85.5 Å².